The Bertz CT molecular complexity index is 316. The molecule has 1 saturated heterocycles. The van der Waals surface area contributed by atoms with E-state index in [1.54, 1.807) is 0 Å². The predicted molar refractivity (Wildman–Crippen MR) is 76.0 cm³/mol. The molecule has 0 spiro atoms. The van der Waals surface area contributed by atoms with Gasteiger partial charge in [0.25, 0.3) is 5.91 Å². The molecule has 0 bridgehead atoms. The van der Waals surface area contributed by atoms with Gasteiger partial charge in [0.2, 0.25) is 0 Å². The number of hydrogen-bond donors (Lipinski definition) is 3. The minimum absolute atomic E-state index is 0.121. The molecule has 3 N–H and O–H groups in total. The van der Waals surface area contributed by atoms with Gasteiger partial charge in [0, 0.05) is 6.61 Å². The minimum atomic E-state index is -0.121. The summed E-state index contributed by atoms with van der Waals surface area (Å²) < 4.78 is 0. The molecule has 1 amide bonds. The van der Waals surface area contributed by atoms with Gasteiger partial charge in [-0.25, -0.2) is 0 Å². The number of unbranched alkanes of at least 4 members (excludes halogenated alkanes) is 7. The van der Waals surface area contributed by atoms with Crippen molar-refractivity contribution >= 4 is 23.2 Å². The molecule has 0 aromatic rings. The summed E-state index contributed by atoms with van der Waals surface area (Å²) in [5, 5.41) is 14.4. The van der Waals surface area contributed by atoms with E-state index in [9.17, 15) is 4.79 Å². The van der Waals surface area contributed by atoms with Crippen LogP contribution in [-0.2, 0) is 4.79 Å². The molecule has 0 aliphatic carbocycles. The van der Waals surface area contributed by atoms with Crippen LogP contribution in [0.4, 0.5) is 0 Å². The molecule has 18 heavy (non-hydrogen) atoms. The van der Waals surface area contributed by atoms with Crippen molar-refractivity contribution < 1.29 is 9.90 Å². The van der Waals surface area contributed by atoms with Gasteiger partial charge in [-0.2, -0.15) is 0 Å². The van der Waals surface area contributed by atoms with Crippen molar-refractivity contribution in [3.8, 4) is 0 Å². The SMILES string of the molecule is O=C1NC(=S)N/C1=C/CCCCCCCCCO. The van der Waals surface area contributed by atoms with Gasteiger partial charge in [0.15, 0.2) is 5.11 Å². The number of aliphatic hydroxyl groups is 1. The first kappa shape index (κ1) is 15.1. The fourth-order valence-electron chi connectivity index (χ4n) is 1.91. The van der Waals surface area contributed by atoms with Gasteiger partial charge >= 0.3 is 0 Å². The number of thiocarbonyl (C=S) groups is 1. The van der Waals surface area contributed by atoms with Crippen molar-refractivity contribution in [2.75, 3.05) is 6.61 Å². The second-order valence-corrected chi connectivity index (χ2v) is 4.92. The number of aliphatic hydroxyl groups excluding tert-OH is 1. The second-order valence-electron chi connectivity index (χ2n) is 4.51. The molecule has 0 aromatic heterocycles. The van der Waals surface area contributed by atoms with Crippen molar-refractivity contribution in [3.05, 3.63) is 11.8 Å². The lowest BCUT2D eigenvalue weighted by atomic mass is 10.1. The van der Waals surface area contributed by atoms with Crippen molar-refractivity contribution in [2.24, 2.45) is 0 Å². The number of nitrogens with one attached hydrogen (secondary N) is 2. The zero-order valence-electron chi connectivity index (χ0n) is 10.7. The topological polar surface area (TPSA) is 61.4 Å². The number of amides is 1. The van der Waals surface area contributed by atoms with E-state index in [0.717, 1.165) is 25.7 Å². The lowest BCUT2D eigenvalue weighted by Crippen LogP contribution is -2.21. The monoisotopic (exact) mass is 270 g/mol. The number of carbonyl (C=O) groups is 1. The van der Waals surface area contributed by atoms with Gasteiger partial charge in [-0.15, -0.1) is 0 Å². The molecular weight excluding hydrogens is 248 g/mol. The molecule has 1 fully saturated rings. The van der Waals surface area contributed by atoms with Crippen LogP contribution in [0.15, 0.2) is 11.8 Å². The molecule has 102 valence electrons. The molecule has 1 heterocycles. The maximum atomic E-state index is 11.3. The third-order valence-corrected chi connectivity index (χ3v) is 3.13. The van der Waals surface area contributed by atoms with Crippen LogP contribution in [0, 0.1) is 0 Å². The Morgan fingerprint density at radius 2 is 1.61 bits per heavy atom. The summed E-state index contributed by atoms with van der Waals surface area (Å²) in [6, 6.07) is 0. The predicted octanol–water partition coefficient (Wildman–Crippen LogP) is 1.99. The highest BCUT2D eigenvalue weighted by Crippen LogP contribution is 2.10. The maximum absolute atomic E-state index is 11.3. The fraction of sp³-hybridized carbons (Fsp3) is 0.692. The third kappa shape index (κ3) is 6.12. The minimum Gasteiger partial charge on any atom is -0.396 e. The van der Waals surface area contributed by atoms with Crippen LogP contribution < -0.4 is 10.6 Å². The number of carbonyl (C=O) groups excluding carboxylic acids is 1. The van der Waals surface area contributed by atoms with Crippen LogP contribution in [0.2, 0.25) is 0 Å². The zero-order valence-corrected chi connectivity index (χ0v) is 11.5. The Kier molecular flexibility index (Phi) is 7.60. The molecule has 0 saturated carbocycles. The summed E-state index contributed by atoms with van der Waals surface area (Å²) in [4.78, 5) is 11.3. The summed E-state index contributed by atoms with van der Waals surface area (Å²) in [5.41, 5.74) is 0.586. The van der Waals surface area contributed by atoms with Gasteiger partial charge in [-0.1, -0.05) is 38.2 Å². The van der Waals surface area contributed by atoms with Crippen LogP contribution in [0.3, 0.4) is 0 Å². The highest BCUT2D eigenvalue weighted by Gasteiger charge is 2.18. The number of hydrogen-bond acceptors (Lipinski definition) is 3. The summed E-state index contributed by atoms with van der Waals surface area (Å²) in [5.74, 6) is -0.121. The molecule has 5 heteroatoms. The third-order valence-electron chi connectivity index (χ3n) is 2.93. The second kappa shape index (κ2) is 9.05. The van der Waals surface area contributed by atoms with E-state index >= 15 is 0 Å². The van der Waals surface area contributed by atoms with Gasteiger partial charge in [-0.05, 0) is 31.5 Å². The molecule has 4 nitrogen and oxygen atoms in total. The lowest BCUT2D eigenvalue weighted by Gasteiger charge is -2.00. The Balaban J connectivity index is 1.97. The fourth-order valence-corrected chi connectivity index (χ4v) is 2.11. The quantitative estimate of drug-likeness (QED) is 0.341. The average Bonchev–Trinajstić information content (AvgIpc) is 2.66. The van der Waals surface area contributed by atoms with Crippen LogP contribution in [-0.4, -0.2) is 22.7 Å². The maximum Gasteiger partial charge on any atom is 0.273 e. The lowest BCUT2D eigenvalue weighted by molar-refractivity contribution is -0.115. The van der Waals surface area contributed by atoms with E-state index in [-0.39, 0.29) is 5.91 Å². The van der Waals surface area contributed by atoms with Crippen LogP contribution in [0.25, 0.3) is 0 Å². The summed E-state index contributed by atoms with van der Waals surface area (Å²) in [6.07, 6.45) is 10.8. The van der Waals surface area contributed by atoms with E-state index in [0.29, 0.717) is 17.4 Å². The zero-order chi connectivity index (χ0) is 13.2. The van der Waals surface area contributed by atoms with Crippen LogP contribution in [0.1, 0.15) is 51.4 Å². The molecule has 1 aliphatic heterocycles. The van der Waals surface area contributed by atoms with Gasteiger partial charge in [0.05, 0.1) is 0 Å². The Hall–Kier alpha value is -0.940. The highest BCUT2D eigenvalue weighted by molar-refractivity contribution is 7.80. The molecule has 1 aliphatic rings. The average molecular weight is 270 g/mol. The first-order chi connectivity index (χ1) is 8.74. The van der Waals surface area contributed by atoms with Crippen LogP contribution >= 0.6 is 12.2 Å². The molecule has 0 radical (unpaired) electrons. The van der Waals surface area contributed by atoms with Crippen molar-refractivity contribution in [1.29, 1.82) is 0 Å². The molecular formula is C13H22N2O2S. The first-order valence-electron chi connectivity index (χ1n) is 6.67. The van der Waals surface area contributed by atoms with Crippen molar-refractivity contribution in [2.45, 2.75) is 51.4 Å². The van der Waals surface area contributed by atoms with E-state index in [1.807, 2.05) is 6.08 Å². The van der Waals surface area contributed by atoms with E-state index in [2.05, 4.69) is 10.6 Å². The Morgan fingerprint density at radius 3 is 2.17 bits per heavy atom. The van der Waals surface area contributed by atoms with Gasteiger partial charge < -0.3 is 10.4 Å². The Morgan fingerprint density at radius 1 is 1.00 bits per heavy atom. The first-order valence-corrected chi connectivity index (χ1v) is 7.08. The molecule has 0 atom stereocenters. The summed E-state index contributed by atoms with van der Waals surface area (Å²) in [6.45, 7) is 0.310. The number of allylic oxidation sites excluding steroid dienone is 1. The van der Waals surface area contributed by atoms with Gasteiger partial charge in [-0.3, -0.25) is 10.1 Å². The molecule has 1 rings (SSSR count). The van der Waals surface area contributed by atoms with Crippen LogP contribution in [0.5, 0.6) is 0 Å². The van der Waals surface area contributed by atoms with Crippen molar-refractivity contribution in [3.63, 3.8) is 0 Å². The standard InChI is InChI=1S/C13H22N2O2S/c16-10-8-6-4-2-1-3-5-7-9-11-12(17)15-13(18)14-11/h9,16H,1-8,10H2,(H2,14,15,17,18)/b11-9+. The highest BCUT2D eigenvalue weighted by atomic mass is 32.1. The Labute approximate surface area is 114 Å². The molecule has 0 unspecified atom stereocenters. The van der Waals surface area contributed by atoms with E-state index in [4.69, 9.17) is 17.3 Å². The largest absolute Gasteiger partial charge is 0.396 e. The van der Waals surface area contributed by atoms with Gasteiger partial charge in [0.1, 0.15) is 5.70 Å². The van der Waals surface area contributed by atoms with E-state index < -0.39 is 0 Å². The van der Waals surface area contributed by atoms with E-state index in [1.165, 1.54) is 25.7 Å². The van der Waals surface area contributed by atoms with Crippen molar-refractivity contribution in [1.82, 2.24) is 10.6 Å². The summed E-state index contributed by atoms with van der Waals surface area (Å²) in [7, 11) is 0. The normalized spacial score (nSPS) is 17.1. The molecule has 0 aromatic carbocycles. The summed E-state index contributed by atoms with van der Waals surface area (Å²) >= 11 is 4.84. The number of rotatable bonds is 9. The smallest absolute Gasteiger partial charge is 0.273 e.